The molecule has 1 aromatic heterocycles. The molecule has 1 rings (SSSR count). The largest absolute Gasteiger partial charge is 0.313 e. The Kier molecular flexibility index (Phi) is 2.32. The first-order valence-electron chi connectivity index (χ1n) is 2.52. The first-order chi connectivity index (χ1) is 4.33. The van der Waals surface area contributed by atoms with Crippen molar-refractivity contribution in [3.8, 4) is 0 Å². The Labute approximate surface area is 62.1 Å². The van der Waals surface area contributed by atoms with E-state index in [2.05, 4.69) is 15.5 Å². The van der Waals surface area contributed by atoms with Crippen molar-refractivity contribution in [3.05, 3.63) is 8.96 Å². The SMILES string of the molecule is CNCc1n[nH]c(=S)s1. The summed E-state index contributed by atoms with van der Waals surface area (Å²) in [6.45, 7) is 0.789. The summed E-state index contributed by atoms with van der Waals surface area (Å²) in [7, 11) is 1.88. The van der Waals surface area contributed by atoms with E-state index in [9.17, 15) is 0 Å². The van der Waals surface area contributed by atoms with E-state index in [4.69, 9.17) is 12.2 Å². The Bertz CT molecular complexity index is 226. The van der Waals surface area contributed by atoms with Crippen LogP contribution >= 0.6 is 23.6 Å². The molecule has 2 N–H and O–H groups in total. The highest BCUT2D eigenvalue weighted by Crippen LogP contribution is 2.02. The second-order valence-corrected chi connectivity index (χ2v) is 3.29. The summed E-state index contributed by atoms with van der Waals surface area (Å²) in [6, 6.07) is 0. The molecule has 1 heterocycles. The van der Waals surface area contributed by atoms with Gasteiger partial charge in [-0.2, -0.15) is 5.10 Å². The maximum absolute atomic E-state index is 4.82. The third-order valence-corrected chi connectivity index (χ3v) is 1.90. The van der Waals surface area contributed by atoms with E-state index in [-0.39, 0.29) is 0 Å². The molecule has 1 aromatic rings. The molecule has 0 saturated carbocycles. The first-order valence-corrected chi connectivity index (χ1v) is 3.74. The molecule has 0 aliphatic rings. The molecule has 0 radical (unpaired) electrons. The number of rotatable bonds is 2. The quantitative estimate of drug-likeness (QED) is 0.634. The molecule has 50 valence electrons. The summed E-state index contributed by atoms with van der Waals surface area (Å²) in [4.78, 5) is 0. The van der Waals surface area contributed by atoms with Crippen molar-refractivity contribution in [2.45, 2.75) is 6.54 Å². The molecule has 0 bridgehead atoms. The predicted octanol–water partition coefficient (Wildman–Crippen LogP) is 0.920. The van der Waals surface area contributed by atoms with Gasteiger partial charge in [-0.15, -0.1) is 0 Å². The predicted molar refractivity (Wildman–Crippen MR) is 40.1 cm³/mol. The Morgan fingerprint density at radius 3 is 3.11 bits per heavy atom. The van der Waals surface area contributed by atoms with Gasteiger partial charge in [0.2, 0.25) is 0 Å². The van der Waals surface area contributed by atoms with E-state index in [1.54, 1.807) is 0 Å². The lowest BCUT2D eigenvalue weighted by Gasteiger charge is -1.86. The zero-order valence-corrected chi connectivity index (χ0v) is 6.60. The Morgan fingerprint density at radius 1 is 1.89 bits per heavy atom. The second-order valence-electron chi connectivity index (χ2n) is 1.54. The monoisotopic (exact) mass is 161 g/mol. The molecular formula is C4H7N3S2. The fourth-order valence-electron chi connectivity index (χ4n) is 0.487. The van der Waals surface area contributed by atoms with Crippen LogP contribution in [0.2, 0.25) is 0 Å². The first kappa shape index (κ1) is 6.85. The average Bonchev–Trinajstić information content (AvgIpc) is 2.17. The summed E-state index contributed by atoms with van der Waals surface area (Å²) in [5.74, 6) is 0. The molecule has 9 heavy (non-hydrogen) atoms. The van der Waals surface area contributed by atoms with Crippen molar-refractivity contribution in [1.29, 1.82) is 0 Å². The fraction of sp³-hybridized carbons (Fsp3) is 0.500. The maximum atomic E-state index is 4.82. The van der Waals surface area contributed by atoms with Crippen LogP contribution in [-0.2, 0) is 6.54 Å². The van der Waals surface area contributed by atoms with Crippen LogP contribution in [0.5, 0.6) is 0 Å². The van der Waals surface area contributed by atoms with Gasteiger partial charge in [0.25, 0.3) is 0 Å². The van der Waals surface area contributed by atoms with Gasteiger partial charge in [0.15, 0.2) is 3.95 Å². The molecule has 0 unspecified atom stereocenters. The lowest BCUT2D eigenvalue weighted by atomic mass is 10.7. The molecule has 0 atom stereocenters. The van der Waals surface area contributed by atoms with E-state index in [0.717, 1.165) is 15.5 Å². The summed E-state index contributed by atoms with van der Waals surface area (Å²) >= 11 is 6.32. The number of nitrogens with one attached hydrogen (secondary N) is 2. The zero-order chi connectivity index (χ0) is 6.69. The van der Waals surface area contributed by atoms with E-state index in [0.29, 0.717) is 0 Å². The summed E-state index contributed by atoms with van der Waals surface area (Å²) in [5, 5.41) is 10.6. The minimum atomic E-state index is 0.736. The molecule has 3 nitrogen and oxygen atoms in total. The number of aromatic amines is 1. The Morgan fingerprint density at radius 2 is 2.67 bits per heavy atom. The van der Waals surface area contributed by atoms with Gasteiger partial charge < -0.3 is 5.32 Å². The van der Waals surface area contributed by atoms with Gasteiger partial charge in [0.05, 0.1) is 0 Å². The second kappa shape index (κ2) is 3.05. The van der Waals surface area contributed by atoms with Crippen LogP contribution in [0.4, 0.5) is 0 Å². The molecule has 0 aliphatic heterocycles. The fourth-order valence-corrected chi connectivity index (χ4v) is 1.43. The molecule has 0 aromatic carbocycles. The van der Waals surface area contributed by atoms with Crippen LogP contribution in [0, 0.1) is 3.95 Å². The van der Waals surface area contributed by atoms with Crippen LogP contribution < -0.4 is 5.32 Å². The van der Waals surface area contributed by atoms with Crippen LogP contribution in [0.15, 0.2) is 0 Å². The van der Waals surface area contributed by atoms with Crippen molar-refractivity contribution in [3.63, 3.8) is 0 Å². The standard InChI is InChI=1S/C4H7N3S2/c1-5-2-3-6-7-4(8)9-3/h5H,2H2,1H3,(H,7,8). The number of nitrogens with zero attached hydrogens (tertiary/aromatic N) is 1. The zero-order valence-electron chi connectivity index (χ0n) is 4.97. The number of hydrogen-bond donors (Lipinski definition) is 2. The van der Waals surface area contributed by atoms with E-state index < -0.39 is 0 Å². The topological polar surface area (TPSA) is 40.7 Å². The molecule has 0 spiro atoms. The van der Waals surface area contributed by atoms with E-state index >= 15 is 0 Å². The lowest BCUT2D eigenvalue weighted by molar-refractivity contribution is 0.794. The molecule has 0 saturated heterocycles. The minimum absolute atomic E-state index is 0.736. The van der Waals surface area contributed by atoms with Gasteiger partial charge in [0, 0.05) is 6.54 Å². The van der Waals surface area contributed by atoms with Gasteiger partial charge in [0.1, 0.15) is 5.01 Å². The lowest BCUT2D eigenvalue weighted by Crippen LogP contribution is -2.04. The highest BCUT2D eigenvalue weighted by molar-refractivity contribution is 7.73. The molecule has 0 aliphatic carbocycles. The van der Waals surface area contributed by atoms with Gasteiger partial charge >= 0.3 is 0 Å². The number of aromatic nitrogens is 2. The molecule has 0 amide bonds. The number of hydrogen-bond acceptors (Lipinski definition) is 4. The van der Waals surface area contributed by atoms with Crippen LogP contribution in [0.1, 0.15) is 5.01 Å². The van der Waals surface area contributed by atoms with Gasteiger partial charge in [-0.05, 0) is 19.3 Å². The van der Waals surface area contributed by atoms with Crippen molar-refractivity contribution in [2.24, 2.45) is 0 Å². The van der Waals surface area contributed by atoms with Gasteiger partial charge in [-0.1, -0.05) is 11.3 Å². The summed E-state index contributed by atoms with van der Waals surface area (Å²) < 4.78 is 0.736. The highest BCUT2D eigenvalue weighted by atomic mass is 32.1. The molecule has 0 fully saturated rings. The van der Waals surface area contributed by atoms with Crippen LogP contribution in [0.3, 0.4) is 0 Å². The van der Waals surface area contributed by atoms with Crippen molar-refractivity contribution in [1.82, 2.24) is 15.5 Å². The highest BCUT2D eigenvalue weighted by Gasteiger charge is 1.92. The average molecular weight is 161 g/mol. The van der Waals surface area contributed by atoms with E-state index in [1.165, 1.54) is 11.3 Å². The normalized spacial score (nSPS) is 9.89. The van der Waals surface area contributed by atoms with Crippen LogP contribution in [0.25, 0.3) is 0 Å². The van der Waals surface area contributed by atoms with Crippen molar-refractivity contribution >= 4 is 23.6 Å². The van der Waals surface area contributed by atoms with E-state index in [1.807, 2.05) is 7.05 Å². The third kappa shape index (κ3) is 1.85. The molecule has 5 heteroatoms. The Hall–Kier alpha value is -0.260. The summed E-state index contributed by atoms with van der Waals surface area (Å²) in [6.07, 6.45) is 0. The smallest absolute Gasteiger partial charge is 0.176 e. The van der Waals surface area contributed by atoms with Crippen molar-refractivity contribution in [2.75, 3.05) is 7.05 Å². The summed E-state index contributed by atoms with van der Waals surface area (Å²) in [5.41, 5.74) is 0. The van der Waals surface area contributed by atoms with Gasteiger partial charge in [-0.3, -0.25) is 5.10 Å². The van der Waals surface area contributed by atoms with Gasteiger partial charge in [-0.25, -0.2) is 0 Å². The third-order valence-electron chi connectivity index (χ3n) is 0.810. The Balaban J connectivity index is 2.73. The maximum Gasteiger partial charge on any atom is 0.176 e. The van der Waals surface area contributed by atoms with Crippen LogP contribution in [-0.4, -0.2) is 17.2 Å². The minimum Gasteiger partial charge on any atom is -0.313 e. The molecular weight excluding hydrogens is 154 g/mol. The van der Waals surface area contributed by atoms with Crippen molar-refractivity contribution < 1.29 is 0 Å². The number of H-pyrrole nitrogens is 1.